The van der Waals surface area contributed by atoms with Crippen LogP contribution in [0.25, 0.3) is 10.7 Å². The number of azo groups is 1. The van der Waals surface area contributed by atoms with E-state index >= 15 is 0 Å². The average molecular weight is 253 g/mol. The van der Waals surface area contributed by atoms with Crippen LogP contribution in [-0.4, -0.2) is 5.66 Å². The molecule has 0 aromatic heterocycles. The fourth-order valence-corrected chi connectivity index (χ4v) is 1.82. The van der Waals surface area contributed by atoms with Crippen LogP contribution in [0.2, 0.25) is 0 Å². The van der Waals surface area contributed by atoms with Crippen LogP contribution in [0.3, 0.4) is 0 Å². The van der Waals surface area contributed by atoms with Crippen molar-refractivity contribution in [2.24, 2.45) is 10.2 Å². The molecule has 19 heavy (non-hydrogen) atoms. The second-order valence-corrected chi connectivity index (χ2v) is 4.63. The van der Waals surface area contributed by atoms with Gasteiger partial charge in [-0.1, -0.05) is 29.8 Å². The summed E-state index contributed by atoms with van der Waals surface area (Å²) in [6, 6.07) is 7.62. The van der Waals surface area contributed by atoms with Crippen molar-refractivity contribution < 1.29 is 0 Å². The van der Waals surface area contributed by atoms with Crippen molar-refractivity contribution in [2.45, 2.75) is 25.9 Å². The Bertz CT molecular complexity index is 621. The van der Waals surface area contributed by atoms with Gasteiger partial charge in [-0.25, -0.2) is 0 Å². The van der Waals surface area contributed by atoms with Gasteiger partial charge >= 0.3 is 5.70 Å². The van der Waals surface area contributed by atoms with Gasteiger partial charge in [0.2, 0.25) is 5.39 Å². The maximum absolute atomic E-state index is 8.81. The van der Waals surface area contributed by atoms with Crippen molar-refractivity contribution in [3.63, 3.8) is 0 Å². The average Bonchev–Trinajstić information content (AvgIpc) is 2.41. The third kappa shape index (κ3) is 2.75. The first-order valence-corrected chi connectivity index (χ1v) is 6.02. The first-order chi connectivity index (χ1) is 9.05. The molecule has 0 aliphatic heterocycles. The quantitative estimate of drug-likeness (QED) is 0.544. The van der Waals surface area contributed by atoms with Gasteiger partial charge < -0.3 is 5.73 Å². The number of hydrogen-bond acceptors (Lipinski definition) is 3. The molecule has 96 valence electrons. The molecule has 1 atom stereocenters. The second kappa shape index (κ2) is 5.12. The Morgan fingerprint density at radius 2 is 2.00 bits per heavy atom. The summed E-state index contributed by atoms with van der Waals surface area (Å²) in [5.41, 5.74) is 10.1. The molecule has 0 heterocycles. The molecule has 0 spiro atoms. The summed E-state index contributed by atoms with van der Waals surface area (Å²) in [7, 11) is 0. The van der Waals surface area contributed by atoms with Crippen LogP contribution in [-0.2, 0) is 0 Å². The molecule has 0 bridgehead atoms. The van der Waals surface area contributed by atoms with Crippen molar-refractivity contribution in [3.8, 4) is 0 Å². The standard InChI is InChI=1S/C14H15N5/c1-10-5-3-4-6-13(10)18-19-14(15)9-12(17-16)8-7-11(14)2/h3-8,15H,9H2,1-2H3. The number of diazo groups is 1. The monoisotopic (exact) mass is 253 g/mol. The molecule has 5 nitrogen and oxygen atoms in total. The molecule has 1 aromatic carbocycles. The zero-order valence-corrected chi connectivity index (χ0v) is 11.0. The maximum atomic E-state index is 8.81. The van der Waals surface area contributed by atoms with Crippen molar-refractivity contribution >= 4 is 5.69 Å². The number of allylic oxidation sites excluding steroid dienone is 2. The summed E-state index contributed by atoms with van der Waals surface area (Å²) >= 11 is 0. The molecule has 0 fully saturated rings. The Morgan fingerprint density at radius 3 is 2.68 bits per heavy atom. The van der Waals surface area contributed by atoms with Crippen LogP contribution in [0.15, 0.2) is 57.9 Å². The highest BCUT2D eigenvalue weighted by molar-refractivity contribution is 5.44. The van der Waals surface area contributed by atoms with Gasteiger partial charge in [-0.2, -0.15) is 10.2 Å². The van der Waals surface area contributed by atoms with E-state index in [1.54, 1.807) is 12.2 Å². The van der Waals surface area contributed by atoms with Crippen LogP contribution in [0.4, 0.5) is 5.69 Å². The molecule has 0 saturated heterocycles. The number of hydrogen-bond donors (Lipinski definition) is 0. The summed E-state index contributed by atoms with van der Waals surface area (Å²) < 4.78 is 0. The molecule has 2 rings (SSSR count). The number of nitrogens with one attached hydrogen (secondary N) is 1. The molecule has 0 amide bonds. The van der Waals surface area contributed by atoms with Gasteiger partial charge in [-0.3, -0.25) is 0 Å². The lowest BCUT2D eigenvalue weighted by atomic mass is 9.92. The van der Waals surface area contributed by atoms with Crippen molar-refractivity contribution in [2.75, 3.05) is 0 Å². The first kappa shape index (κ1) is 13.1. The van der Waals surface area contributed by atoms with Crippen LogP contribution in [0, 0.1) is 12.3 Å². The van der Waals surface area contributed by atoms with E-state index in [-0.39, 0.29) is 6.42 Å². The van der Waals surface area contributed by atoms with E-state index in [2.05, 4.69) is 15.2 Å². The third-order valence-corrected chi connectivity index (χ3v) is 3.19. The summed E-state index contributed by atoms with van der Waals surface area (Å²) in [5, 5.41) is 17.1. The molecule has 1 unspecified atom stereocenters. The Balaban J connectivity index is 2.29. The maximum Gasteiger partial charge on any atom is 0.362 e. The zero-order valence-electron chi connectivity index (χ0n) is 11.0. The lowest BCUT2D eigenvalue weighted by Gasteiger charge is -2.33. The number of rotatable bonds is 2. The Morgan fingerprint density at radius 1 is 1.26 bits per heavy atom. The van der Waals surface area contributed by atoms with E-state index in [1.165, 1.54) is 0 Å². The predicted octanol–water partition coefficient (Wildman–Crippen LogP) is 4.91. The summed E-state index contributed by atoms with van der Waals surface area (Å²) in [6.07, 6.45) is 3.65. The Kier molecular flexibility index (Phi) is 3.54. The van der Waals surface area contributed by atoms with Gasteiger partial charge in [0.05, 0.1) is 12.1 Å². The molecule has 1 aliphatic carbocycles. The van der Waals surface area contributed by atoms with Crippen LogP contribution in [0.5, 0.6) is 0 Å². The lowest BCUT2D eigenvalue weighted by Crippen LogP contribution is -2.24. The minimum Gasteiger partial charge on any atom is -0.647 e. The molecular weight excluding hydrogens is 238 g/mol. The topological polar surface area (TPSA) is 76.7 Å². The highest BCUT2D eigenvalue weighted by Crippen LogP contribution is 2.35. The first-order valence-electron chi connectivity index (χ1n) is 6.02. The Hall–Kier alpha value is -2.32. The van der Waals surface area contributed by atoms with Gasteiger partial charge in [0.1, 0.15) is 0 Å². The van der Waals surface area contributed by atoms with Crippen LogP contribution < -0.4 is 0 Å². The number of nitrogens with zero attached hydrogens (tertiary/aromatic N) is 4. The summed E-state index contributed by atoms with van der Waals surface area (Å²) in [6.45, 7) is 3.78. The molecule has 0 saturated carbocycles. The molecule has 5 heteroatoms. The van der Waals surface area contributed by atoms with Crippen LogP contribution >= 0.6 is 0 Å². The summed E-state index contributed by atoms with van der Waals surface area (Å²) in [4.78, 5) is 3.14. The van der Waals surface area contributed by atoms with E-state index in [0.29, 0.717) is 5.70 Å². The fraction of sp³-hybridized carbons (Fsp3) is 0.286. The molecule has 1 aromatic rings. The Labute approximate surface area is 112 Å². The van der Waals surface area contributed by atoms with Gasteiger partial charge in [0.15, 0.2) is 4.98 Å². The van der Waals surface area contributed by atoms with Crippen LogP contribution in [0.1, 0.15) is 18.9 Å². The minimum absolute atomic E-state index is 0.223. The number of benzene rings is 1. The molecule has 0 radical (unpaired) electrons. The fourth-order valence-electron chi connectivity index (χ4n) is 1.82. The normalized spacial score (nSPS) is 22.8. The van der Waals surface area contributed by atoms with E-state index < -0.39 is 5.66 Å². The number of aryl methyl sites for hydroxylation is 1. The van der Waals surface area contributed by atoms with Crippen molar-refractivity contribution in [1.29, 1.82) is 5.39 Å². The van der Waals surface area contributed by atoms with E-state index in [1.807, 2.05) is 38.1 Å². The van der Waals surface area contributed by atoms with E-state index in [9.17, 15) is 0 Å². The third-order valence-electron chi connectivity index (χ3n) is 3.19. The van der Waals surface area contributed by atoms with Gasteiger partial charge in [-0.05, 0) is 25.5 Å². The van der Waals surface area contributed by atoms with Gasteiger partial charge in [-0.15, -0.1) is 0 Å². The molecule has 1 N–H and O–H groups in total. The largest absolute Gasteiger partial charge is 0.647 e. The predicted molar refractivity (Wildman–Crippen MR) is 74.3 cm³/mol. The minimum atomic E-state index is -1.20. The van der Waals surface area contributed by atoms with Gasteiger partial charge in [0.25, 0.3) is 0 Å². The smallest absolute Gasteiger partial charge is 0.362 e. The second-order valence-electron chi connectivity index (χ2n) is 4.63. The van der Waals surface area contributed by atoms with Crippen molar-refractivity contribution in [3.05, 3.63) is 64.0 Å². The SMILES string of the molecule is CC1=CC=C([N+]#N)CC1([NH-])N=Nc1ccccc1C. The molecular formula is C14H15N5. The van der Waals surface area contributed by atoms with E-state index in [0.717, 1.165) is 16.8 Å². The zero-order chi connectivity index (χ0) is 13.9. The summed E-state index contributed by atoms with van der Waals surface area (Å²) in [5.74, 6) is 0. The highest BCUT2D eigenvalue weighted by atomic mass is 15.2. The lowest BCUT2D eigenvalue weighted by molar-refractivity contribution is 0.579. The van der Waals surface area contributed by atoms with E-state index in [4.69, 9.17) is 11.1 Å². The highest BCUT2D eigenvalue weighted by Gasteiger charge is 2.29. The van der Waals surface area contributed by atoms with Crippen molar-refractivity contribution in [1.82, 2.24) is 0 Å². The molecule has 1 aliphatic rings. The van der Waals surface area contributed by atoms with Gasteiger partial charge in [0, 0.05) is 11.7 Å².